The summed E-state index contributed by atoms with van der Waals surface area (Å²) >= 11 is 0. The van der Waals surface area contributed by atoms with Gasteiger partial charge in [0.2, 0.25) is 11.8 Å². The van der Waals surface area contributed by atoms with Crippen LogP contribution in [0.25, 0.3) is 0 Å². The van der Waals surface area contributed by atoms with E-state index in [0.29, 0.717) is 24.5 Å². The van der Waals surface area contributed by atoms with E-state index in [-0.39, 0.29) is 34.7 Å². The lowest BCUT2D eigenvalue weighted by Crippen LogP contribution is -2.52. The molecule has 0 aliphatic carbocycles. The number of carbonyl (C=O) groups is 2. The van der Waals surface area contributed by atoms with Crippen LogP contribution in [0.2, 0.25) is 0 Å². The molecule has 3 aromatic carbocycles. The van der Waals surface area contributed by atoms with Crippen molar-refractivity contribution < 1.29 is 32.2 Å². The molecule has 0 radical (unpaired) electrons. The number of para-hydroxylation sites is 2. The third-order valence-corrected chi connectivity index (χ3v) is 8.61. The summed E-state index contributed by atoms with van der Waals surface area (Å²) in [4.78, 5) is 29.0. The van der Waals surface area contributed by atoms with E-state index >= 15 is 0 Å². The number of benzene rings is 3. The van der Waals surface area contributed by atoms with E-state index in [4.69, 9.17) is 14.2 Å². The van der Waals surface area contributed by atoms with Crippen molar-refractivity contribution in [1.29, 1.82) is 0 Å². The molecule has 0 aromatic heterocycles. The molecule has 0 bridgehead atoms. The van der Waals surface area contributed by atoms with Crippen LogP contribution in [0.4, 0.5) is 5.69 Å². The molecular weight excluding hydrogens is 570 g/mol. The lowest BCUT2D eigenvalue weighted by Gasteiger charge is -2.33. The highest BCUT2D eigenvalue weighted by Crippen LogP contribution is 2.33. The van der Waals surface area contributed by atoms with E-state index < -0.39 is 28.5 Å². The van der Waals surface area contributed by atoms with Crippen molar-refractivity contribution in [1.82, 2.24) is 10.2 Å². The second-order valence-corrected chi connectivity index (χ2v) is 12.2. The Morgan fingerprint density at radius 3 is 2.14 bits per heavy atom. The summed E-state index contributed by atoms with van der Waals surface area (Å²) in [5, 5.41) is 2.93. The van der Waals surface area contributed by atoms with Crippen LogP contribution in [0.15, 0.2) is 77.7 Å². The Morgan fingerprint density at radius 1 is 0.860 bits per heavy atom. The van der Waals surface area contributed by atoms with Gasteiger partial charge in [0.25, 0.3) is 10.0 Å². The first-order valence-electron chi connectivity index (χ1n) is 14.1. The molecule has 0 saturated heterocycles. The van der Waals surface area contributed by atoms with Crippen molar-refractivity contribution in [3.05, 3.63) is 78.4 Å². The molecule has 0 unspecified atom stereocenters. The fourth-order valence-electron chi connectivity index (χ4n) is 4.53. The molecule has 1 N–H and O–H groups in total. The molecule has 0 aliphatic heterocycles. The molecule has 0 aliphatic rings. The van der Waals surface area contributed by atoms with E-state index in [1.165, 1.54) is 43.4 Å². The molecule has 3 rings (SSSR count). The van der Waals surface area contributed by atoms with Gasteiger partial charge in [0.15, 0.2) is 0 Å². The van der Waals surface area contributed by atoms with Gasteiger partial charge in [-0.25, -0.2) is 8.42 Å². The number of anilines is 1. The summed E-state index contributed by atoms with van der Waals surface area (Å²) < 4.78 is 45.3. The number of nitrogens with one attached hydrogen (secondary N) is 1. The molecule has 2 amide bonds. The van der Waals surface area contributed by atoms with Gasteiger partial charge in [0, 0.05) is 13.1 Å². The Labute approximate surface area is 254 Å². The number of methoxy groups -OCH3 is 3. The SMILES string of the molecule is CC[C@H](C(=O)NCC(C)C)N(Cc1cccc(OC)c1)C(=O)CN(c1ccccc1OC)S(=O)(=O)c1ccc(OC)cc1. The zero-order valence-electron chi connectivity index (χ0n) is 25.6. The molecule has 11 heteroatoms. The van der Waals surface area contributed by atoms with Gasteiger partial charge in [-0.1, -0.05) is 45.0 Å². The maximum absolute atomic E-state index is 14.3. The normalized spacial score (nSPS) is 11.9. The molecule has 232 valence electrons. The molecule has 1 atom stereocenters. The second-order valence-electron chi connectivity index (χ2n) is 10.3. The van der Waals surface area contributed by atoms with E-state index in [1.54, 1.807) is 49.6 Å². The summed E-state index contributed by atoms with van der Waals surface area (Å²) in [5.41, 5.74) is 0.914. The maximum Gasteiger partial charge on any atom is 0.264 e. The quantitative estimate of drug-likeness (QED) is 0.269. The Morgan fingerprint density at radius 2 is 1.53 bits per heavy atom. The van der Waals surface area contributed by atoms with Crippen molar-refractivity contribution in [2.45, 2.75) is 44.7 Å². The van der Waals surface area contributed by atoms with Crippen LogP contribution in [-0.2, 0) is 26.2 Å². The highest BCUT2D eigenvalue weighted by Gasteiger charge is 2.34. The molecule has 3 aromatic rings. The van der Waals surface area contributed by atoms with Crippen LogP contribution >= 0.6 is 0 Å². The van der Waals surface area contributed by atoms with Crippen LogP contribution in [0, 0.1) is 5.92 Å². The van der Waals surface area contributed by atoms with Crippen LogP contribution in [0.3, 0.4) is 0 Å². The van der Waals surface area contributed by atoms with Gasteiger partial charge in [-0.05, 0) is 66.4 Å². The first-order chi connectivity index (χ1) is 20.5. The predicted molar refractivity (Wildman–Crippen MR) is 166 cm³/mol. The molecule has 0 spiro atoms. The molecule has 0 heterocycles. The van der Waals surface area contributed by atoms with Crippen molar-refractivity contribution in [3.63, 3.8) is 0 Å². The van der Waals surface area contributed by atoms with Gasteiger partial charge in [0.05, 0.1) is 31.9 Å². The minimum absolute atomic E-state index is 0.0342. The predicted octanol–water partition coefficient (Wildman–Crippen LogP) is 4.49. The second kappa shape index (κ2) is 15.3. The smallest absolute Gasteiger partial charge is 0.264 e. The molecule has 43 heavy (non-hydrogen) atoms. The van der Waals surface area contributed by atoms with Gasteiger partial charge in [-0.2, -0.15) is 0 Å². The fourth-order valence-corrected chi connectivity index (χ4v) is 5.96. The number of nitrogens with zero attached hydrogens (tertiary/aromatic N) is 2. The van der Waals surface area contributed by atoms with E-state index in [9.17, 15) is 18.0 Å². The summed E-state index contributed by atoms with van der Waals surface area (Å²) in [6, 6.07) is 18.8. The van der Waals surface area contributed by atoms with Crippen LogP contribution in [0.5, 0.6) is 17.2 Å². The highest BCUT2D eigenvalue weighted by molar-refractivity contribution is 7.92. The lowest BCUT2D eigenvalue weighted by molar-refractivity contribution is -0.140. The lowest BCUT2D eigenvalue weighted by atomic mass is 10.1. The third kappa shape index (κ3) is 8.41. The van der Waals surface area contributed by atoms with Gasteiger partial charge >= 0.3 is 0 Å². The number of ether oxygens (including phenoxy) is 3. The van der Waals surface area contributed by atoms with Crippen LogP contribution in [0.1, 0.15) is 32.8 Å². The van der Waals surface area contributed by atoms with Crippen molar-refractivity contribution >= 4 is 27.5 Å². The zero-order chi connectivity index (χ0) is 31.6. The topological polar surface area (TPSA) is 114 Å². The molecule has 10 nitrogen and oxygen atoms in total. The number of sulfonamides is 1. The van der Waals surface area contributed by atoms with Gasteiger partial charge < -0.3 is 24.4 Å². The number of amides is 2. The zero-order valence-corrected chi connectivity index (χ0v) is 26.4. The fraction of sp³-hybridized carbons (Fsp3) is 0.375. The Kier molecular flexibility index (Phi) is 11.8. The summed E-state index contributed by atoms with van der Waals surface area (Å²) in [5.74, 6) is 0.696. The van der Waals surface area contributed by atoms with Crippen LogP contribution in [-0.4, -0.2) is 65.6 Å². The minimum Gasteiger partial charge on any atom is -0.497 e. The average Bonchev–Trinajstić information content (AvgIpc) is 3.02. The Hall–Kier alpha value is -4.25. The summed E-state index contributed by atoms with van der Waals surface area (Å²) in [6.45, 7) is 5.71. The first-order valence-corrected chi connectivity index (χ1v) is 15.5. The van der Waals surface area contributed by atoms with Crippen LogP contribution < -0.4 is 23.8 Å². The van der Waals surface area contributed by atoms with Crippen molar-refractivity contribution in [3.8, 4) is 17.2 Å². The van der Waals surface area contributed by atoms with Crippen molar-refractivity contribution in [2.75, 3.05) is 38.7 Å². The van der Waals surface area contributed by atoms with E-state index in [2.05, 4.69) is 5.32 Å². The third-order valence-electron chi connectivity index (χ3n) is 6.84. The highest BCUT2D eigenvalue weighted by atomic mass is 32.2. The minimum atomic E-state index is -4.27. The molecular formula is C32H41N3O7S. The Bertz CT molecular complexity index is 1480. The summed E-state index contributed by atoms with van der Waals surface area (Å²) in [7, 11) is 0.197. The van der Waals surface area contributed by atoms with Gasteiger partial charge in [-0.15, -0.1) is 0 Å². The van der Waals surface area contributed by atoms with Gasteiger partial charge in [-0.3, -0.25) is 13.9 Å². The standard InChI is InChI=1S/C32H41N3O7S/c1-7-28(32(37)33-20-23(2)3)34(21-24-11-10-12-26(19-24)41-5)31(36)22-35(29-13-8-9-14-30(29)42-6)43(38,39)27-17-15-25(40-4)16-18-27/h8-19,23,28H,7,20-22H2,1-6H3,(H,33,37)/t28-/m1/s1. The molecule has 0 saturated carbocycles. The van der Waals surface area contributed by atoms with E-state index in [1.807, 2.05) is 26.8 Å². The Balaban J connectivity index is 2.09. The maximum atomic E-state index is 14.3. The first kappa shape index (κ1) is 33.3. The number of hydrogen-bond acceptors (Lipinski definition) is 7. The average molecular weight is 612 g/mol. The summed E-state index contributed by atoms with van der Waals surface area (Å²) in [6.07, 6.45) is 0.319. The monoisotopic (exact) mass is 611 g/mol. The van der Waals surface area contributed by atoms with E-state index in [0.717, 1.165) is 9.87 Å². The van der Waals surface area contributed by atoms with Gasteiger partial charge in [0.1, 0.15) is 29.8 Å². The number of carbonyl (C=O) groups excluding carboxylic acids is 2. The molecule has 0 fully saturated rings. The van der Waals surface area contributed by atoms with Crippen molar-refractivity contribution in [2.24, 2.45) is 5.92 Å². The largest absolute Gasteiger partial charge is 0.497 e. The number of rotatable bonds is 15. The number of hydrogen-bond donors (Lipinski definition) is 1.